The van der Waals surface area contributed by atoms with Gasteiger partial charge in [0.05, 0.1) is 27.0 Å². The first-order chi connectivity index (χ1) is 27.5. The summed E-state index contributed by atoms with van der Waals surface area (Å²) in [6.07, 6.45) is -0.712. The molecule has 7 atom stereocenters. The summed E-state index contributed by atoms with van der Waals surface area (Å²) >= 11 is 6.20. The number of rotatable bonds is 9. The molecule has 3 fully saturated rings. The number of methoxy groups -OCH3 is 2. The van der Waals surface area contributed by atoms with Crippen LogP contribution in [0.3, 0.4) is 0 Å². The highest BCUT2D eigenvalue weighted by molar-refractivity contribution is 7.93. The fourth-order valence-electron chi connectivity index (χ4n) is 7.64. The van der Waals surface area contributed by atoms with E-state index in [1.54, 1.807) is 31.2 Å². The van der Waals surface area contributed by atoms with Gasteiger partial charge >= 0.3 is 12.3 Å². The Labute approximate surface area is 345 Å². The number of hydrogen-bond acceptors (Lipinski definition) is 11. The fourth-order valence-corrected chi connectivity index (χ4v) is 9.10. The molecule has 0 radical (unpaired) electrons. The van der Waals surface area contributed by atoms with Crippen LogP contribution < -0.4 is 29.6 Å². The van der Waals surface area contributed by atoms with Crippen LogP contribution in [0.1, 0.15) is 72.6 Å². The van der Waals surface area contributed by atoms with E-state index in [4.69, 9.17) is 30.5 Å². The lowest BCUT2D eigenvalue weighted by Crippen LogP contribution is -2.59. The van der Waals surface area contributed by atoms with Crippen molar-refractivity contribution in [2.45, 2.75) is 112 Å². The number of alkyl carbamates (subject to hydrolysis) is 1. The largest absolute Gasteiger partial charge is 0.497 e. The number of halogens is 4. The molecule has 2 saturated carbocycles. The highest BCUT2D eigenvalue weighted by Crippen LogP contribution is 2.49. The van der Waals surface area contributed by atoms with Gasteiger partial charge in [-0.3, -0.25) is 14.4 Å². The summed E-state index contributed by atoms with van der Waals surface area (Å²) in [4.78, 5) is 61.9. The Hall–Kier alpha value is -4.52. The van der Waals surface area contributed by atoms with E-state index in [0.717, 1.165) is 4.90 Å². The molecule has 2 aliphatic carbocycles. The number of fused-ring (bicyclic) bond motifs is 3. The summed E-state index contributed by atoms with van der Waals surface area (Å²) in [6.45, 7) is 4.70. The number of benzene rings is 1. The highest BCUT2D eigenvalue weighted by Gasteiger charge is 2.64. The van der Waals surface area contributed by atoms with E-state index in [2.05, 4.69) is 20.3 Å². The predicted octanol–water partition coefficient (Wildman–Crippen LogP) is 5.10. The number of ether oxygens (including phenoxy) is 4. The van der Waals surface area contributed by atoms with Crippen molar-refractivity contribution in [1.82, 2.24) is 25.2 Å². The third kappa shape index (κ3) is 9.00. The molecule has 324 valence electrons. The molecule has 1 aromatic carbocycles. The minimum absolute atomic E-state index is 0.0509. The number of aromatic nitrogens is 1. The van der Waals surface area contributed by atoms with Gasteiger partial charge in [-0.15, -0.1) is 0 Å². The van der Waals surface area contributed by atoms with Gasteiger partial charge in [0.1, 0.15) is 35.2 Å². The normalized spacial score (nSPS) is 29.1. The van der Waals surface area contributed by atoms with Gasteiger partial charge in [-0.2, -0.15) is 13.2 Å². The Balaban J connectivity index is 1.36. The smallest absolute Gasteiger partial charge is 0.427 e. The second kappa shape index (κ2) is 16.2. The molecule has 1 aromatic heterocycles. The van der Waals surface area contributed by atoms with Crippen molar-refractivity contribution >= 4 is 56.2 Å². The Kier molecular flexibility index (Phi) is 12.1. The second-order valence-electron chi connectivity index (χ2n) is 16.5. The van der Waals surface area contributed by atoms with Gasteiger partial charge in [0, 0.05) is 23.1 Å². The predicted molar refractivity (Wildman–Crippen MR) is 208 cm³/mol. The third-order valence-electron chi connectivity index (χ3n) is 11.6. The summed E-state index contributed by atoms with van der Waals surface area (Å²) in [5.74, 6) is -2.88. The van der Waals surface area contributed by atoms with Crippen molar-refractivity contribution in [1.29, 1.82) is 0 Å². The number of carbonyl (C=O) groups is 4. The number of nitrogens with one attached hydrogen (secondary N) is 3. The first kappa shape index (κ1) is 44.0. The molecule has 0 bridgehead atoms. The molecule has 2 aromatic rings. The van der Waals surface area contributed by atoms with Crippen molar-refractivity contribution in [2.75, 3.05) is 20.8 Å². The van der Waals surface area contributed by atoms with Crippen molar-refractivity contribution in [2.24, 2.45) is 17.8 Å². The standard InChI is InChI=1S/C39H49ClF3N5O10S/c1-21-9-7-8-10-23-18-38(23,34(51)47-59(53,54)37(40)13-14-37)46-31(49)28-17-25(57-32-26-12-11-24(55-5)16-27(26)29(56-6)19-44-32)20-48(28)33(50)30(22(2)15-21)45-35(52)58-36(3,4)39(41,42)43/h8,10-12,16,19,21-23,25,28,30H,7,9,13-15,17-18,20H2,1-6H3,(H,45,52)(H,46,49)(H,47,51)/b10-8-/t21-,22-,23-,25-,28+,30+,38-/m1/s1. The molecule has 0 unspecified atom stereocenters. The lowest BCUT2D eigenvalue weighted by molar-refractivity contribution is -0.244. The van der Waals surface area contributed by atoms with Crippen LogP contribution in [0.25, 0.3) is 10.8 Å². The lowest BCUT2D eigenvalue weighted by Gasteiger charge is -2.34. The van der Waals surface area contributed by atoms with Gasteiger partial charge in [-0.1, -0.05) is 37.6 Å². The van der Waals surface area contributed by atoms with E-state index in [-0.39, 0.29) is 44.0 Å². The SMILES string of the molecule is COc1ccc2c(O[C@@H]3C[C@H]4C(=O)N[C@]5(C(=O)NS(=O)(=O)C6(Cl)CC6)C[C@H]5/C=C\CC[C@@H](C)C[C@@H](C)[C@H](NC(=O)OC(C)(C)C(F)(F)F)C(=O)N4C3)ncc(OC)c2c1. The number of amides is 4. The molecular formula is C39H49ClF3N5O10S. The van der Waals surface area contributed by atoms with E-state index >= 15 is 0 Å². The number of hydrogen-bond donors (Lipinski definition) is 3. The average molecular weight is 872 g/mol. The van der Waals surface area contributed by atoms with Crippen LogP contribution in [0, 0.1) is 17.8 Å². The molecule has 59 heavy (non-hydrogen) atoms. The van der Waals surface area contributed by atoms with E-state index in [1.165, 1.54) is 20.4 Å². The van der Waals surface area contributed by atoms with E-state index in [0.29, 0.717) is 55.4 Å². The molecule has 0 spiro atoms. The Morgan fingerprint density at radius 2 is 1.78 bits per heavy atom. The first-order valence-corrected chi connectivity index (χ1v) is 21.2. The summed E-state index contributed by atoms with van der Waals surface area (Å²) in [5, 5.41) is 6.22. The molecule has 4 amide bonds. The average Bonchev–Trinajstić information content (AvgIpc) is 4.04. The van der Waals surface area contributed by atoms with Crippen LogP contribution in [-0.2, 0) is 29.1 Å². The van der Waals surface area contributed by atoms with Crippen LogP contribution in [-0.4, -0.2) is 103 Å². The quantitative estimate of drug-likeness (QED) is 0.225. The first-order valence-electron chi connectivity index (χ1n) is 19.3. The Morgan fingerprint density at radius 3 is 2.42 bits per heavy atom. The summed E-state index contributed by atoms with van der Waals surface area (Å²) < 4.78 is 89.8. The molecule has 4 aliphatic rings. The molecule has 3 heterocycles. The van der Waals surface area contributed by atoms with E-state index in [1.807, 2.05) is 13.0 Å². The van der Waals surface area contributed by atoms with Gasteiger partial charge in [0.25, 0.3) is 15.9 Å². The summed E-state index contributed by atoms with van der Waals surface area (Å²) in [7, 11) is -1.35. The molecule has 2 aliphatic heterocycles. The monoisotopic (exact) mass is 871 g/mol. The van der Waals surface area contributed by atoms with Gasteiger partial charge in [-0.25, -0.2) is 22.9 Å². The van der Waals surface area contributed by atoms with Crippen LogP contribution >= 0.6 is 11.6 Å². The zero-order chi connectivity index (χ0) is 43.3. The molecule has 6 rings (SSSR count). The number of pyridine rings is 1. The fraction of sp³-hybridized carbons (Fsp3) is 0.615. The maximum atomic E-state index is 14.8. The van der Waals surface area contributed by atoms with E-state index < -0.39 is 85.4 Å². The maximum absolute atomic E-state index is 14.8. The topological polar surface area (TPSA) is 192 Å². The molecular weight excluding hydrogens is 823 g/mol. The molecule has 20 heteroatoms. The van der Waals surface area contributed by atoms with Gasteiger partial charge in [0.15, 0.2) is 4.21 Å². The summed E-state index contributed by atoms with van der Waals surface area (Å²) in [5.41, 5.74) is -4.62. The number of sulfonamides is 1. The van der Waals surface area contributed by atoms with E-state index in [9.17, 15) is 40.8 Å². The van der Waals surface area contributed by atoms with Crippen LogP contribution in [0.5, 0.6) is 17.4 Å². The van der Waals surface area contributed by atoms with Gasteiger partial charge in [-0.05, 0) is 82.4 Å². The van der Waals surface area contributed by atoms with Gasteiger partial charge in [0.2, 0.25) is 23.3 Å². The minimum atomic E-state index is -4.93. The van der Waals surface area contributed by atoms with Crippen molar-refractivity contribution < 1.29 is 59.7 Å². The molecule has 3 N–H and O–H groups in total. The highest BCUT2D eigenvalue weighted by atomic mass is 35.5. The second-order valence-corrected chi connectivity index (χ2v) is 19.4. The number of allylic oxidation sites excluding steroid dienone is 1. The van der Waals surface area contributed by atoms with Crippen molar-refractivity contribution in [3.05, 3.63) is 36.5 Å². The van der Waals surface area contributed by atoms with Crippen LogP contribution in [0.2, 0.25) is 0 Å². The third-order valence-corrected chi connectivity index (χ3v) is 14.4. The molecule has 1 saturated heterocycles. The Bertz CT molecular complexity index is 2130. The van der Waals surface area contributed by atoms with Crippen molar-refractivity contribution in [3.63, 3.8) is 0 Å². The number of carbonyl (C=O) groups excluding carboxylic acids is 4. The molecule has 15 nitrogen and oxygen atoms in total. The van der Waals surface area contributed by atoms with Gasteiger partial charge < -0.3 is 34.5 Å². The maximum Gasteiger partial charge on any atom is 0.427 e. The minimum Gasteiger partial charge on any atom is -0.497 e. The number of nitrogens with zero attached hydrogens (tertiary/aromatic N) is 2. The summed E-state index contributed by atoms with van der Waals surface area (Å²) in [6, 6.07) is 2.27. The van der Waals surface area contributed by atoms with Crippen LogP contribution in [0.4, 0.5) is 18.0 Å². The Morgan fingerprint density at radius 1 is 1.07 bits per heavy atom. The van der Waals surface area contributed by atoms with Crippen molar-refractivity contribution in [3.8, 4) is 17.4 Å². The van der Waals surface area contributed by atoms with Crippen LogP contribution in [0.15, 0.2) is 36.5 Å². The zero-order valence-corrected chi connectivity index (χ0v) is 35.1. The zero-order valence-electron chi connectivity index (χ0n) is 33.5. The lowest BCUT2D eigenvalue weighted by atomic mass is 9.88. The number of alkyl halides is 4.